The molecule has 1 atom stereocenters. The Labute approximate surface area is 172 Å². The molecule has 0 fully saturated rings. The zero-order chi connectivity index (χ0) is 21.0. The van der Waals surface area contributed by atoms with E-state index < -0.39 is 29.1 Å². The maximum Gasteiger partial charge on any atom is 0.321 e. The Hall–Kier alpha value is -3.53. The van der Waals surface area contributed by atoms with E-state index in [1.807, 2.05) is 0 Å². The molecular formula is C19H15BrN4O5. The molecule has 1 amide bonds. The molecule has 0 bridgehead atoms. The van der Waals surface area contributed by atoms with Gasteiger partial charge in [0.25, 0.3) is 11.5 Å². The van der Waals surface area contributed by atoms with E-state index in [1.165, 1.54) is 0 Å². The van der Waals surface area contributed by atoms with E-state index in [0.29, 0.717) is 16.7 Å². The SMILES string of the molecule is COC(=O)C(/C(=N\O)C(=O)Nc1ccc(Br)cc1)c1nc2ccccc2[nH]c1=O. The van der Waals surface area contributed by atoms with Gasteiger partial charge in [0.1, 0.15) is 5.69 Å². The van der Waals surface area contributed by atoms with Gasteiger partial charge in [-0.15, -0.1) is 0 Å². The van der Waals surface area contributed by atoms with E-state index in [9.17, 15) is 19.6 Å². The summed E-state index contributed by atoms with van der Waals surface area (Å²) in [7, 11) is 1.09. The first kappa shape index (κ1) is 20.2. The Morgan fingerprint density at radius 3 is 2.55 bits per heavy atom. The van der Waals surface area contributed by atoms with E-state index >= 15 is 0 Å². The minimum Gasteiger partial charge on any atom is -0.468 e. The number of carbonyl (C=O) groups is 2. The lowest BCUT2D eigenvalue weighted by atomic mass is 9.98. The molecule has 1 unspecified atom stereocenters. The van der Waals surface area contributed by atoms with Crippen LogP contribution in [0.2, 0.25) is 0 Å². The first-order valence-corrected chi connectivity index (χ1v) is 9.09. The number of hydrogen-bond donors (Lipinski definition) is 3. The van der Waals surface area contributed by atoms with Crippen molar-refractivity contribution in [1.82, 2.24) is 9.97 Å². The van der Waals surface area contributed by atoms with Gasteiger partial charge in [-0.2, -0.15) is 0 Å². The monoisotopic (exact) mass is 458 g/mol. The highest BCUT2D eigenvalue weighted by atomic mass is 79.9. The zero-order valence-electron chi connectivity index (χ0n) is 15.0. The fourth-order valence-electron chi connectivity index (χ4n) is 2.67. The van der Waals surface area contributed by atoms with Gasteiger partial charge in [0.05, 0.1) is 18.1 Å². The predicted octanol–water partition coefficient (Wildman–Crippen LogP) is 2.41. The minimum atomic E-state index is -1.63. The molecule has 3 rings (SSSR count). The number of fused-ring (bicyclic) bond motifs is 1. The van der Waals surface area contributed by atoms with Crippen LogP contribution in [0.5, 0.6) is 0 Å². The van der Waals surface area contributed by atoms with Crippen LogP contribution in [-0.4, -0.2) is 39.9 Å². The number of para-hydroxylation sites is 2. The van der Waals surface area contributed by atoms with Crippen molar-refractivity contribution >= 4 is 50.2 Å². The third kappa shape index (κ3) is 4.32. The van der Waals surface area contributed by atoms with E-state index in [4.69, 9.17) is 4.74 Å². The summed E-state index contributed by atoms with van der Waals surface area (Å²) in [4.78, 5) is 44.4. The van der Waals surface area contributed by atoms with Gasteiger partial charge in [-0.25, -0.2) is 4.98 Å². The first-order chi connectivity index (χ1) is 13.9. The Kier molecular flexibility index (Phi) is 6.03. The molecule has 1 aromatic heterocycles. The second kappa shape index (κ2) is 8.65. The number of nitrogens with one attached hydrogen (secondary N) is 2. The van der Waals surface area contributed by atoms with Crippen LogP contribution in [0.3, 0.4) is 0 Å². The molecule has 0 aliphatic heterocycles. The van der Waals surface area contributed by atoms with Gasteiger partial charge in [-0.1, -0.05) is 33.2 Å². The highest BCUT2D eigenvalue weighted by Gasteiger charge is 2.36. The second-order valence-corrected chi connectivity index (χ2v) is 6.79. The largest absolute Gasteiger partial charge is 0.468 e. The number of methoxy groups -OCH3 is 1. The molecule has 148 valence electrons. The molecule has 1 heterocycles. The number of esters is 1. The van der Waals surface area contributed by atoms with Crippen molar-refractivity contribution in [2.45, 2.75) is 5.92 Å². The summed E-state index contributed by atoms with van der Waals surface area (Å²) in [5, 5.41) is 14.9. The molecule has 3 aromatic rings. The molecule has 0 radical (unpaired) electrons. The van der Waals surface area contributed by atoms with Gasteiger partial charge < -0.3 is 20.2 Å². The number of aromatic amines is 1. The van der Waals surface area contributed by atoms with Crippen LogP contribution in [0.1, 0.15) is 11.6 Å². The second-order valence-electron chi connectivity index (χ2n) is 5.87. The topological polar surface area (TPSA) is 134 Å². The lowest BCUT2D eigenvalue weighted by Crippen LogP contribution is -2.37. The summed E-state index contributed by atoms with van der Waals surface area (Å²) >= 11 is 3.28. The molecule has 0 aliphatic carbocycles. The molecule has 0 saturated heterocycles. The highest BCUT2D eigenvalue weighted by Crippen LogP contribution is 2.19. The van der Waals surface area contributed by atoms with Gasteiger partial charge in [0, 0.05) is 10.2 Å². The van der Waals surface area contributed by atoms with E-state index in [2.05, 4.69) is 36.4 Å². The van der Waals surface area contributed by atoms with Crippen LogP contribution in [0.15, 0.2) is 63.0 Å². The number of hydrogen-bond acceptors (Lipinski definition) is 7. The van der Waals surface area contributed by atoms with Gasteiger partial charge in [-0.3, -0.25) is 14.4 Å². The number of halogens is 1. The number of nitrogens with zero attached hydrogens (tertiary/aromatic N) is 2. The molecule has 0 saturated carbocycles. The van der Waals surface area contributed by atoms with Crippen molar-refractivity contribution in [3.05, 3.63) is 69.1 Å². The summed E-state index contributed by atoms with van der Waals surface area (Å²) in [6, 6.07) is 13.3. The fraction of sp³-hybridized carbons (Fsp3) is 0.105. The van der Waals surface area contributed by atoms with Gasteiger partial charge in [0.2, 0.25) is 0 Å². The van der Waals surface area contributed by atoms with Gasteiger partial charge in [-0.05, 0) is 36.4 Å². The molecule has 0 aliphatic rings. The van der Waals surface area contributed by atoms with Crippen molar-refractivity contribution in [3.63, 3.8) is 0 Å². The fourth-order valence-corrected chi connectivity index (χ4v) is 2.94. The number of rotatable bonds is 5. The number of H-pyrrole nitrogens is 1. The lowest BCUT2D eigenvalue weighted by molar-refractivity contribution is -0.141. The Morgan fingerprint density at radius 2 is 1.90 bits per heavy atom. The Morgan fingerprint density at radius 1 is 1.21 bits per heavy atom. The van der Waals surface area contributed by atoms with Crippen LogP contribution in [-0.2, 0) is 14.3 Å². The number of anilines is 1. The summed E-state index contributed by atoms with van der Waals surface area (Å²) in [5.74, 6) is -3.49. The molecule has 9 nitrogen and oxygen atoms in total. The van der Waals surface area contributed by atoms with Crippen LogP contribution in [0.25, 0.3) is 11.0 Å². The maximum absolute atomic E-state index is 12.7. The predicted molar refractivity (Wildman–Crippen MR) is 109 cm³/mol. The average molecular weight is 459 g/mol. The normalized spacial score (nSPS) is 12.4. The number of benzene rings is 2. The standard InChI is InChI=1S/C19H15BrN4O5/c1-29-19(27)14(15-17(25)23-13-5-3-2-4-12(13)22-15)16(24-28)18(26)21-11-8-6-10(20)7-9-11/h2-9,14,28H,1H3,(H,21,26)(H,23,25)/b24-16+. The minimum absolute atomic E-state index is 0.325. The van der Waals surface area contributed by atoms with Crippen molar-refractivity contribution in [3.8, 4) is 0 Å². The van der Waals surface area contributed by atoms with Crippen LogP contribution in [0.4, 0.5) is 5.69 Å². The third-order valence-corrected chi connectivity index (χ3v) is 4.58. The van der Waals surface area contributed by atoms with Crippen LogP contribution in [0, 0.1) is 0 Å². The number of ether oxygens (including phenoxy) is 1. The highest BCUT2D eigenvalue weighted by molar-refractivity contribution is 9.10. The number of carbonyl (C=O) groups excluding carboxylic acids is 2. The summed E-state index contributed by atoms with van der Waals surface area (Å²) < 4.78 is 5.52. The zero-order valence-corrected chi connectivity index (χ0v) is 16.6. The summed E-state index contributed by atoms with van der Waals surface area (Å²) in [6.07, 6.45) is 0. The van der Waals surface area contributed by atoms with Crippen molar-refractivity contribution in [2.24, 2.45) is 5.16 Å². The van der Waals surface area contributed by atoms with Crippen LogP contribution >= 0.6 is 15.9 Å². The molecular weight excluding hydrogens is 444 g/mol. The lowest BCUT2D eigenvalue weighted by Gasteiger charge is -2.15. The van der Waals surface area contributed by atoms with Crippen molar-refractivity contribution in [2.75, 3.05) is 12.4 Å². The van der Waals surface area contributed by atoms with Crippen LogP contribution < -0.4 is 10.9 Å². The molecule has 2 aromatic carbocycles. The first-order valence-electron chi connectivity index (χ1n) is 8.30. The van der Waals surface area contributed by atoms with Crippen molar-refractivity contribution < 1.29 is 19.5 Å². The van der Waals surface area contributed by atoms with E-state index in [1.54, 1.807) is 48.5 Å². The van der Waals surface area contributed by atoms with E-state index in [-0.39, 0.29) is 5.69 Å². The molecule has 29 heavy (non-hydrogen) atoms. The molecule has 10 heteroatoms. The van der Waals surface area contributed by atoms with Gasteiger partial charge >= 0.3 is 5.97 Å². The average Bonchev–Trinajstić information content (AvgIpc) is 2.72. The smallest absolute Gasteiger partial charge is 0.321 e. The maximum atomic E-state index is 12.7. The summed E-state index contributed by atoms with van der Waals surface area (Å²) in [5.41, 5.74) is -0.435. The Balaban J connectivity index is 2.04. The molecule has 3 N–H and O–H groups in total. The van der Waals surface area contributed by atoms with Gasteiger partial charge in [0.15, 0.2) is 11.6 Å². The summed E-state index contributed by atoms with van der Waals surface area (Å²) in [6.45, 7) is 0. The van der Waals surface area contributed by atoms with E-state index in [0.717, 1.165) is 11.6 Å². The Bertz CT molecular complexity index is 1160. The number of oxime groups is 1. The quantitative estimate of drug-likeness (QED) is 0.232. The van der Waals surface area contributed by atoms with Crippen molar-refractivity contribution in [1.29, 1.82) is 0 Å². The molecule has 0 spiro atoms. The number of amides is 1. The third-order valence-electron chi connectivity index (χ3n) is 4.05. The number of aromatic nitrogens is 2.